The maximum Gasteiger partial charge on any atom is 0.296 e. The Labute approximate surface area is 184 Å². The first-order chi connectivity index (χ1) is 15.1. The van der Waals surface area contributed by atoms with E-state index in [4.69, 9.17) is 9.47 Å². The lowest BCUT2D eigenvalue weighted by Gasteiger charge is -2.35. The summed E-state index contributed by atoms with van der Waals surface area (Å²) in [6.45, 7) is 5.89. The largest absolute Gasteiger partial charge is 0.490 e. The molecule has 2 aliphatic heterocycles. The summed E-state index contributed by atoms with van der Waals surface area (Å²) in [5.41, 5.74) is 1.21. The third-order valence-electron chi connectivity index (χ3n) is 6.03. The standard InChI is InChI=1S/C23H23N3O4S/c1-3-11-29-15-8-6-7-14(12-15)19-18-20(27)16-9-4-5-10-17(16)30-21(18)22(28)26(19)23-25-24-13(2)31-23/h3,6-8,12,16-17,19H,1,4-5,9-11H2,2H3. The molecule has 3 atom stereocenters. The number of carbonyl (C=O) groups excluding carboxylic acids is 2. The van der Waals surface area contributed by atoms with Crippen LogP contribution in [0.2, 0.25) is 0 Å². The van der Waals surface area contributed by atoms with Crippen molar-refractivity contribution in [2.75, 3.05) is 11.5 Å². The predicted molar refractivity (Wildman–Crippen MR) is 116 cm³/mol. The van der Waals surface area contributed by atoms with Crippen molar-refractivity contribution in [2.24, 2.45) is 5.92 Å². The van der Waals surface area contributed by atoms with E-state index < -0.39 is 6.04 Å². The van der Waals surface area contributed by atoms with Gasteiger partial charge in [0.2, 0.25) is 5.13 Å². The van der Waals surface area contributed by atoms with E-state index in [1.54, 1.807) is 11.0 Å². The van der Waals surface area contributed by atoms with Gasteiger partial charge in [0.05, 0.1) is 17.5 Å². The van der Waals surface area contributed by atoms with E-state index in [-0.39, 0.29) is 29.5 Å². The van der Waals surface area contributed by atoms with Gasteiger partial charge in [0.15, 0.2) is 11.5 Å². The van der Waals surface area contributed by atoms with Gasteiger partial charge in [-0.15, -0.1) is 10.2 Å². The first kappa shape index (κ1) is 19.9. The van der Waals surface area contributed by atoms with Crippen LogP contribution in [-0.2, 0) is 14.3 Å². The summed E-state index contributed by atoms with van der Waals surface area (Å²) >= 11 is 1.32. The summed E-state index contributed by atoms with van der Waals surface area (Å²) < 4.78 is 11.9. The highest BCUT2D eigenvalue weighted by Gasteiger charge is 2.53. The molecule has 1 fully saturated rings. The molecule has 1 aromatic carbocycles. The fraction of sp³-hybridized carbons (Fsp3) is 0.391. The van der Waals surface area contributed by atoms with Gasteiger partial charge in [0.25, 0.3) is 5.91 Å². The van der Waals surface area contributed by atoms with Crippen LogP contribution in [0.3, 0.4) is 0 Å². The number of hydrogen-bond donors (Lipinski definition) is 0. The lowest BCUT2D eigenvalue weighted by atomic mass is 9.77. The Hall–Kier alpha value is -3.00. The SMILES string of the molecule is C=CCOc1cccc(C2C3=C(OC4CCCCC4C3=O)C(=O)N2c2nnc(C)s2)c1. The third-order valence-corrected chi connectivity index (χ3v) is 6.86. The molecule has 0 bridgehead atoms. The van der Waals surface area contributed by atoms with Gasteiger partial charge in [-0.3, -0.25) is 14.5 Å². The molecule has 1 aliphatic carbocycles. The Morgan fingerprint density at radius 3 is 2.90 bits per heavy atom. The number of anilines is 1. The number of aryl methyl sites for hydroxylation is 1. The minimum absolute atomic E-state index is 0.0189. The fourth-order valence-electron chi connectivity index (χ4n) is 4.67. The van der Waals surface area contributed by atoms with Gasteiger partial charge in [-0.1, -0.05) is 42.5 Å². The average Bonchev–Trinajstić information content (AvgIpc) is 3.33. The molecule has 3 aliphatic rings. The van der Waals surface area contributed by atoms with Crippen molar-refractivity contribution in [1.29, 1.82) is 0 Å². The molecule has 2 aromatic rings. The summed E-state index contributed by atoms with van der Waals surface area (Å²) in [7, 11) is 0. The summed E-state index contributed by atoms with van der Waals surface area (Å²) in [6.07, 6.45) is 5.06. The normalized spacial score (nSPS) is 25.2. The van der Waals surface area contributed by atoms with E-state index in [0.29, 0.717) is 23.1 Å². The third kappa shape index (κ3) is 3.35. The summed E-state index contributed by atoms with van der Waals surface area (Å²) in [5.74, 6) is 0.311. The van der Waals surface area contributed by atoms with Gasteiger partial charge < -0.3 is 9.47 Å². The fourth-order valence-corrected chi connectivity index (χ4v) is 5.38. The number of carbonyl (C=O) groups is 2. The van der Waals surface area contributed by atoms with E-state index in [1.165, 1.54) is 11.3 Å². The lowest BCUT2D eigenvalue weighted by molar-refractivity contribution is -0.131. The average molecular weight is 438 g/mol. The number of aromatic nitrogens is 2. The van der Waals surface area contributed by atoms with Crippen molar-refractivity contribution < 1.29 is 19.1 Å². The van der Waals surface area contributed by atoms with Gasteiger partial charge in [-0.05, 0) is 43.9 Å². The zero-order chi connectivity index (χ0) is 21.5. The molecule has 0 spiro atoms. The number of benzene rings is 1. The molecule has 31 heavy (non-hydrogen) atoms. The van der Waals surface area contributed by atoms with Gasteiger partial charge in [-0.25, -0.2) is 0 Å². The van der Waals surface area contributed by atoms with E-state index in [9.17, 15) is 9.59 Å². The number of ketones is 1. The number of rotatable bonds is 5. The van der Waals surface area contributed by atoms with Gasteiger partial charge >= 0.3 is 0 Å². The molecule has 160 valence electrons. The quantitative estimate of drug-likeness (QED) is 0.660. The van der Waals surface area contributed by atoms with Crippen molar-refractivity contribution in [3.8, 4) is 5.75 Å². The molecule has 7 nitrogen and oxygen atoms in total. The van der Waals surface area contributed by atoms with Crippen LogP contribution in [0.25, 0.3) is 0 Å². The van der Waals surface area contributed by atoms with E-state index in [1.807, 2.05) is 31.2 Å². The number of nitrogens with zero attached hydrogens (tertiary/aromatic N) is 3. The van der Waals surface area contributed by atoms with Crippen LogP contribution in [0.1, 0.15) is 42.3 Å². The maximum absolute atomic E-state index is 13.6. The van der Waals surface area contributed by atoms with Crippen molar-refractivity contribution in [1.82, 2.24) is 10.2 Å². The number of ether oxygens (including phenoxy) is 2. The second-order valence-corrected chi connectivity index (χ2v) is 9.17. The van der Waals surface area contributed by atoms with Gasteiger partial charge in [0.1, 0.15) is 23.5 Å². The Morgan fingerprint density at radius 1 is 1.29 bits per heavy atom. The number of hydrogen-bond acceptors (Lipinski definition) is 7. The second kappa shape index (κ2) is 7.92. The molecule has 8 heteroatoms. The molecule has 0 saturated heterocycles. The van der Waals surface area contributed by atoms with Crippen molar-refractivity contribution >= 4 is 28.2 Å². The second-order valence-electron chi connectivity index (χ2n) is 8.01. The predicted octanol–water partition coefficient (Wildman–Crippen LogP) is 3.91. The molecule has 1 saturated carbocycles. The van der Waals surface area contributed by atoms with Gasteiger partial charge in [-0.2, -0.15) is 0 Å². The lowest BCUT2D eigenvalue weighted by Crippen LogP contribution is -2.39. The van der Waals surface area contributed by atoms with E-state index in [0.717, 1.165) is 36.3 Å². The molecule has 5 rings (SSSR count). The number of fused-ring (bicyclic) bond motifs is 1. The highest BCUT2D eigenvalue weighted by atomic mass is 32.1. The van der Waals surface area contributed by atoms with E-state index in [2.05, 4.69) is 16.8 Å². The number of Topliss-reactive ketones (excluding diaryl/α,β-unsaturated/α-hetero) is 1. The maximum atomic E-state index is 13.6. The van der Waals surface area contributed by atoms with Crippen LogP contribution in [0.15, 0.2) is 48.3 Å². The first-order valence-electron chi connectivity index (χ1n) is 10.5. The molecule has 1 amide bonds. The monoisotopic (exact) mass is 437 g/mol. The van der Waals surface area contributed by atoms with Crippen LogP contribution in [0.5, 0.6) is 5.75 Å². The molecule has 3 heterocycles. The van der Waals surface area contributed by atoms with Gasteiger partial charge in [0, 0.05) is 0 Å². The van der Waals surface area contributed by atoms with Crippen LogP contribution in [0.4, 0.5) is 5.13 Å². The van der Waals surface area contributed by atoms with Crippen LogP contribution < -0.4 is 9.64 Å². The van der Waals surface area contributed by atoms with Crippen molar-refractivity contribution in [3.63, 3.8) is 0 Å². The highest BCUT2D eigenvalue weighted by molar-refractivity contribution is 7.15. The first-order valence-corrected chi connectivity index (χ1v) is 11.3. The van der Waals surface area contributed by atoms with Crippen LogP contribution >= 0.6 is 11.3 Å². The zero-order valence-electron chi connectivity index (χ0n) is 17.2. The molecule has 3 unspecified atom stereocenters. The Morgan fingerprint density at radius 2 is 2.13 bits per heavy atom. The summed E-state index contributed by atoms with van der Waals surface area (Å²) in [6, 6.07) is 6.85. The van der Waals surface area contributed by atoms with Crippen molar-refractivity contribution in [2.45, 2.75) is 44.8 Å². The molecule has 0 radical (unpaired) electrons. The molecular formula is C23H23N3O4S. The van der Waals surface area contributed by atoms with Crippen molar-refractivity contribution in [3.05, 3.63) is 58.8 Å². The van der Waals surface area contributed by atoms with E-state index >= 15 is 0 Å². The minimum Gasteiger partial charge on any atom is -0.490 e. The smallest absolute Gasteiger partial charge is 0.296 e. The Kier molecular flexibility index (Phi) is 5.09. The highest BCUT2D eigenvalue weighted by Crippen LogP contribution is 2.48. The minimum atomic E-state index is -0.613. The molecule has 1 aromatic heterocycles. The van der Waals surface area contributed by atoms with Crippen LogP contribution in [0, 0.1) is 12.8 Å². The Balaban J connectivity index is 1.62. The zero-order valence-corrected chi connectivity index (χ0v) is 18.1. The summed E-state index contributed by atoms with van der Waals surface area (Å²) in [4.78, 5) is 28.7. The molecular weight excluding hydrogens is 414 g/mol. The molecule has 0 N–H and O–H groups in total. The Bertz CT molecular complexity index is 1090. The number of amides is 1. The summed E-state index contributed by atoms with van der Waals surface area (Å²) in [5, 5.41) is 9.49. The van der Waals surface area contributed by atoms with Crippen LogP contribution in [-0.4, -0.2) is 34.6 Å². The topological polar surface area (TPSA) is 81.6 Å².